The minimum atomic E-state index is -0.102. The number of hydrogen-bond donors (Lipinski definition) is 2. The van der Waals surface area contributed by atoms with E-state index >= 15 is 0 Å². The molecule has 0 saturated heterocycles. The van der Waals surface area contributed by atoms with Crippen molar-refractivity contribution in [3.05, 3.63) is 35.4 Å². The van der Waals surface area contributed by atoms with Crippen molar-refractivity contribution in [2.24, 2.45) is 5.92 Å². The quantitative estimate of drug-likeness (QED) is 0.733. The van der Waals surface area contributed by atoms with E-state index in [1.54, 1.807) is 14.1 Å². The molecule has 1 atom stereocenters. The van der Waals surface area contributed by atoms with Gasteiger partial charge in [-0.15, -0.1) is 0 Å². The maximum Gasteiger partial charge on any atom is 0.275 e. The number of quaternary nitrogens is 1. The van der Waals surface area contributed by atoms with E-state index in [0.29, 0.717) is 18.4 Å². The summed E-state index contributed by atoms with van der Waals surface area (Å²) >= 11 is 0. The van der Waals surface area contributed by atoms with Crippen molar-refractivity contribution >= 4 is 11.8 Å². The van der Waals surface area contributed by atoms with Gasteiger partial charge in [0.05, 0.1) is 6.54 Å². The van der Waals surface area contributed by atoms with Crippen LogP contribution in [0.3, 0.4) is 0 Å². The second-order valence-corrected chi connectivity index (χ2v) is 8.28. The van der Waals surface area contributed by atoms with Crippen LogP contribution >= 0.6 is 0 Å². The van der Waals surface area contributed by atoms with Gasteiger partial charge in [-0.1, -0.05) is 57.4 Å². The molecule has 1 fully saturated rings. The van der Waals surface area contributed by atoms with Crippen molar-refractivity contribution in [2.75, 3.05) is 27.2 Å². The molecule has 0 aromatic heterocycles. The molecule has 1 aromatic carbocycles. The highest BCUT2D eigenvalue weighted by Gasteiger charge is 2.22. The summed E-state index contributed by atoms with van der Waals surface area (Å²) in [4.78, 5) is 25.1. The molecule has 1 saturated carbocycles. The molecular weight excluding hydrogens is 338 g/mol. The van der Waals surface area contributed by atoms with Crippen LogP contribution in [-0.2, 0) is 9.59 Å². The molecule has 0 spiro atoms. The number of rotatable bonds is 8. The minimum Gasteiger partial charge on any atom is -0.347 e. The highest BCUT2D eigenvalue weighted by molar-refractivity contribution is 5.84. The molecule has 150 valence electrons. The van der Waals surface area contributed by atoms with Crippen LogP contribution in [0.2, 0.25) is 0 Å². The molecule has 0 bridgehead atoms. The Balaban J connectivity index is 1.90. The first-order valence-electron chi connectivity index (χ1n) is 10.3. The molecule has 2 rings (SSSR count). The lowest BCUT2D eigenvalue weighted by Crippen LogP contribution is -2.88. The summed E-state index contributed by atoms with van der Waals surface area (Å²) in [6.07, 6.45) is 6.69. The van der Waals surface area contributed by atoms with E-state index < -0.39 is 0 Å². The monoisotopic (exact) mass is 374 g/mol. The van der Waals surface area contributed by atoms with Crippen LogP contribution in [0.1, 0.15) is 69.0 Å². The van der Waals surface area contributed by atoms with Crippen molar-refractivity contribution in [3.63, 3.8) is 0 Å². The fraction of sp³-hybridized carbons (Fsp3) is 0.636. The topological polar surface area (TPSA) is 66.0 Å². The van der Waals surface area contributed by atoms with Crippen molar-refractivity contribution in [1.29, 1.82) is 0 Å². The number of amides is 2. The van der Waals surface area contributed by atoms with E-state index in [-0.39, 0.29) is 24.4 Å². The average Bonchev–Trinajstić information content (AvgIpc) is 2.67. The summed E-state index contributed by atoms with van der Waals surface area (Å²) in [6.45, 7) is 4.75. The summed E-state index contributed by atoms with van der Waals surface area (Å²) in [7, 11) is 3.37. The summed E-state index contributed by atoms with van der Waals surface area (Å²) < 4.78 is 0. The fourth-order valence-electron chi connectivity index (χ4n) is 3.86. The molecule has 0 heterocycles. The Morgan fingerprint density at radius 3 is 2.30 bits per heavy atom. The highest BCUT2D eigenvalue weighted by atomic mass is 16.2. The van der Waals surface area contributed by atoms with Crippen LogP contribution < -0.4 is 10.6 Å². The summed E-state index contributed by atoms with van der Waals surface area (Å²) in [6, 6.07) is 9.27. The SMILES string of the molecule is CC(C)[C@H]([NH2+]CC(=O)NCC(=O)N(C)C)c1ccc(C2CCCCC2)cc1. The zero-order chi connectivity index (χ0) is 19.8. The van der Waals surface area contributed by atoms with E-state index in [0.717, 1.165) is 0 Å². The molecule has 2 amide bonds. The van der Waals surface area contributed by atoms with Gasteiger partial charge in [0.1, 0.15) is 6.04 Å². The summed E-state index contributed by atoms with van der Waals surface area (Å²) in [5, 5.41) is 4.78. The zero-order valence-corrected chi connectivity index (χ0v) is 17.3. The lowest BCUT2D eigenvalue weighted by atomic mass is 9.83. The van der Waals surface area contributed by atoms with Gasteiger partial charge in [0, 0.05) is 25.6 Å². The van der Waals surface area contributed by atoms with E-state index in [1.807, 2.05) is 0 Å². The lowest BCUT2D eigenvalue weighted by molar-refractivity contribution is -0.692. The van der Waals surface area contributed by atoms with E-state index in [1.165, 1.54) is 48.1 Å². The van der Waals surface area contributed by atoms with Crippen molar-refractivity contribution in [3.8, 4) is 0 Å². The molecule has 27 heavy (non-hydrogen) atoms. The first-order valence-corrected chi connectivity index (χ1v) is 10.3. The van der Waals surface area contributed by atoms with E-state index in [9.17, 15) is 9.59 Å². The Hall–Kier alpha value is -1.88. The van der Waals surface area contributed by atoms with Gasteiger partial charge in [0.25, 0.3) is 5.91 Å². The largest absolute Gasteiger partial charge is 0.347 e. The molecule has 5 nitrogen and oxygen atoms in total. The molecule has 3 N–H and O–H groups in total. The molecule has 0 aliphatic heterocycles. The van der Waals surface area contributed by atoms with Crippen LogP contribution in [0.25, 0.3) is 0 Å². The third kappa shape index (κ3) is 6.65. The summed E-state index contributed by atoms with van der Waals surface area (Å²) in [5.41, 5.74) is 2.72. The third-order valence-corrected chi connectivity index (χ3v) is 5.61. The fourth-order valence-corrected chi connectivity index (χ4v) is 3.86. The van der Waals surface area contributed by atoms with Crippen LogP contribution in [0, 0.1) is 5.92 Å². The zero-order valence-electron chi connectivity index (χ0n) is 17.3. The van der Waals surface area contributed by atoms with Crippen LogP contribution in [0.4, 0.5) is 0 Å². The number of nitrogens with two attached hydrogens (primary N) is 1. The maximum absolute atomic E-state index is 12.1. The third-order valence-electron chi connectivity index (χ3n) is 5.61. The van der Waals surface area contributed by atoms with Crippen molar-refractivity contribution in [1.82, 2.24) is 10.2 Å². The minimum absolute atomic E-state index is 0.0576. The summed E-state index contributed by atoms with van der Waals surface area (Å²) in [5.74, 6) is 0.938. The van der Waals surface area contributed by atoms with E-state index in [4.69, 9.17) is 0 Å². The molecule has 5 heteroatoms. The van der Waals surface area contributed by atoms with Crippen LogP contribution in [-0.4, -0.2) is 43.9 Å². The highest BCUT2D eigenvalue weighted by Crippen LogP contribution is 2.33. The second-order valence-electron chi connectivity index (χ2n) is 8.28. The molecule has 0 unspecified atom stereocenters. The first-order chi connectivity index (χ1) is 12.9. The number of hydrogen-bond acceptors (Lipinski definition) is 2. The molecule has 1 aromatic rings. The number of carbonyl (C=O) groups excluding carboxylic acids is 2. The Bertz CT molecular complexity index is 604. The number of carbonyl (C=O) groups is 2. The average molecular weight is 375 g/mol. The van der Waals surface area contributed by atoms with Gasteiger partial charge < -0.3 is 15.5 Å². The molecule has 1 aliphatic carbocycles. The molecule has 0 radical (unpaired) electrons. The molecule has 1 aliphatic rings. The number of likely N-dealkylation sites (N-methyl/N-ethyl adjacent to an activating group) is 1. The molecular formula is C22H36N3O2+. The Kier molecular flexibility index (Phi) is 8.29. The lowest BCUT2D eigenvalue weighted by Gasteiger charge is -2.23. The van der Waals surface area contributed by atoms with Gasteiger partial charge in [-0.05, 0) is 24.3 Å². The van der Waals surface area contributed by atoms with Gasteiger partial charge >= 0.3 is 0 Å². The number of benzene rings is 1. The van der Waals surface area contributed by atoms with Gasteiger partial charge in [-0.3, -0.25) is 9.59 Å². The van der Waals surface area contributed by atoms with Gasteiger partial charge in [-0.25, -0.2) is 0 Å². The van der Waals surface area contributed by atoms with Gasteiger partial charge in [0.15, 0.2) is 6.54 Å². The predicted molar refractivity (Wildman–Crippen MR) is 108 cm³/mol. The van der Waals surface area contributed by atoms with E-state index in [2.05, 4.69) is 48.7 Å². The van der Waals surface area contributed by atoms with Gasteiger partial charge in [-0.2, -0.15) is 0 Å². The smallest absolute Gasteiger partial charge is 0.275 e. The number of nitrogens with one attached hydrogen (secondary N) is 1. The second kappa shape index (κ2) is 10.5. The van der Waals surface area contributed by atoms with Crippen LogP contribution in [0.15, 0.2) is 24.3 Å². The Labute approximate surface area is 163 Å². The normalized spacial score (nSPS) is 16.2. The van der Waals surface area contributed by atoms with Crippen molar-refractivity contribution < 1.29 is 14.9 Å². The van der Waals surface area contributed by atoms with Crippen molar-refractivity contribution in [2.45, 2.75) is 57.9 Å². The number of nitrogens with zero attached hydrogens (tertiary/aromatic N) is 1. The Morgan fingerprint density at radius 2 is 1.74 bits per heavy atom. The first kappa shape index (κ1) is 21.4. The standard InChI is InChI=1S/C22H35N3O2/c1-16(2)22(24-14-20(26)23-15-21(27)25(3)4)19-12-10-18(11-13-19)17-8-6-5-7-9-17/h10-13,16-17,22,24H,5-9,14-15H2,1-4H3,(H,23,26)/p+1/t22-/m0/s1. The predicted octanol–water partition coefficient (Wildman–Crippen LogP) is 2.20. The Morgan fingerprint density at radius 1 is 1.11 bits per heavy atom. The van der Waals surface area contributed by atoms with Gasteiger partial charge in [0.2, 0.25) is 5.91 Å². The van der Waals surface area contributed by atoms with Crippen LogP contribution in [0.5, 0.6) is 0 Å². The maximum atomic E-state index is 12.1.